The van der Waals surface area contributed by atoms with Crippen LogP contribution < -0.4 is 5.73 Å². The molecule has 0 aliphatic carbocycles. The minimum atomic E-state index is -4.06. The van der Waals surface area contributed by atoms with Crippen LogP contribution in [0.25, 0.3) is 0 Å². The second-order valence-corrected chi connectivity index (χ2v) is 6.68. The highest BCUT2D eigenvalue weighted by Gasteiger charge is 2.29. The van der Waals surface area contributed by atoms with Gasteiger partial charge in [-0.2, -0.15) is 0 Å². The maximum Gasteiger partial charge on any atom is 0.472 e. The predicted molar refractivity (Wildman–Crippen MR) is 70.1 cm³/mol. The number of phosphoric ester groups is 1. The smallest absolute Gasteiger partial charge is 0.396 e. The van der Waals surface area contributed by atoms with Crippen LogP contribution in [-0.2, 0) is 13.6 Å². The lowest BCUT2D eigenvalue weighted by atomic mass is 10.0. The molecule has 2 atom stereocenters. The maximum absolute atomic E-state index is 11.6. The molecule has 0 radical (unpaired) electrons. The number of aliphatic hydroxyl groups is 1. The highest BCUT2D eigenvalue weighted by molar-refractivity contribution is 7.47. The Morgan fingerprint density at radius 2 is 1.94 bits per heavy atom. The van der Waals surface area contributed by atoms with Crippen LogP contribution in [0.3, 0.4) is 0 Å². The molecule has 2 unspecified atom stereocenters. The first-order valence-corrected chi connectivity index (χ1v) is 7.69. The molecule has 0 aromatic heterocycles. The van der Waals surface area contributed by atoms with Gasteiger partial charge in [0.05, 0.1) is 12.2 Å². The van der Waals surface area contributed by atoms with Gasteiger partial charge in [-0.3, -0.25) is 9.05 Å². The van der Waals surface area contributed by atoms with E-state index in [-0.39, 0.29) is 19.1 Å². The van der Waals surface area contributed by atoms with Crippen molar-refractivity contribution in [3.8, 4) is 0 Å². The van der Waals surface area contributed by atoms with E-state index in [2.05, 4.69) is 0 Å². The van der Waals surface area contributed by atoms with Gasteiger partial charge in [0.25, 0.3) is 0 Å². The first-order valence-electron chi connectivity index (χ1n) is 6.19. The number of rotatable bonds is 9. The van der Waals surface area contributed by atoms with Crippen LogP contribution >= 0.6 is 7.82 Å². The molecule has 0 aliphatic heterocycles. The molecule has 0 saturated heterocycles. The number of nitrogens with two attached hydrogens (primary N) is 1. The molecule has 0 aromatic rings. The zero-order valence-electron chi connectivity index (χ0n) is 11.5. The maximum atomic E-state index is 11.6. The van der Waals surface area contributed by atoms with Crippen molar-refractivity contribution in [3.63, 3.8) is 0 Å². The molecule has 18 heavy (non-hydrogen) atoms. The summed E-state index contributed by atoms with van der Waals surface area (Å²) in [7, 11) is -4.06. The van der Waals surface area contributed by atoms with Gasteiger partial charge in [-0.1, -0.05) is 6.42 Å². The van der Waals surface area contributed by atoms with Crippen molar-refractivity contribution in [1.82, 2.24) is 0 Å². The second-order valence-electron chi connectivity index (χ2n) is 5.30. The SMILES string of the molecule is CC(C)(C)OP(=O)(O)OCC(CO)CCCCN. The molecule has 0 fully saturated rings. The molecule has 0 spiro atoms. The number of aliphatic hydroxyl groups excluding tert-OH is 1. The molecule has 0 aliphatic rings. The molecular weight excluding hydrogens is 257 g/mol. The normalized spacial score (nSPS) is 17.4. The fourth-order valence-electron chi connectivity index (χ4n) is 1.38. The Balaban J connectivity index is 4.06. The fraction of sp³-hybridized carbons (Fsp3) is 1.00. The zero-order valence-corrected chi connectivity index (χ0v) is 12.4. The molecule has 4 N–H and O–H groups in total. The summed E-state index contributed by atoms with van der Waals surface area (Å²) in [6.45, 7) is 5.54. The molecule has 0 bridgehead atoms. The van der Waals surface area contributed by atoms with E-state index in [4.69, 9.17) is 19.9 Å². The Morgan fingerprint density at radius 1 is 1.33 bits per heavy atom. The molecule has 0 heterocycles. The fourth-order valence-corrected chi connectivity index (χ4v) is 2.52. The van der Waals surface area contributed by atoms with Gasteiger partial charge in [0.1, 0.15) is 0 Å². The first-order chi connectivity index (χ1) is 8.20. The molecule has 0 aromatic carbocycles. The van der Waals surface area contributed by atoms with Gasteiger partial charge in [-0.25, -0.2) is 4.57 Å². The number of hydrogen-bond donors (Lipinski definition) is 3. The van der Waals surface area contributed by atoms with Crippen LogP contribution in [-0.4, -0.2) is 35.4 Å². The monoisotopic (exact) mass is 283 g/mol. The van der Waals surface area contributed by atoms with Crippen LogP contribution in [0.4, 0.5) is 0 Å². The van der Waals surface area contributed by atoms with Gasteiger partial charge >= 0.3 is 7.82 Å². The van der Waals surface area contributed by atoms with Gasteiger partial charge in [-0.15, -0.1) is 0 Å². The Morgan fingerprint density at radius 3 is 2.39 bits per heavy atom. The van der Waals surface area contributed by atoms with E-state index >= 15 is 0 Å². The van der Waals surface area contributed by atoms with Gasteiger partial charge in [0.2, 0.25) is 0 Å². The summed E-state index contributed by atoms with van der Waals surface area (Å²) in [5.74, 6) is -0.166. The summed E-state index contributed by atoms with van der Waals surface area (Å²) >= 11 is 0. The van der Waals surface area contributed by atoms with Crippen molar-refractivity contribution in [2.45, 2.75) is 45.6 Å². The highest BCUT2D eigenvalue weighted by atomic mass is 31.2. The average molecular weight is 283 g/mol. The van der Waals surface area contributed by atoms with Crippen molar-refractivity contribution in [2.24, 2.45) is 11.7 Å². The van der Waals surface area contributed by atoms with Gasteiger partial charge in [-0.05, 0) is 40.2 Å². The van der Waals surface area contributed by atoms with Crippen molar-refractivity contribution >= 4 is 7.82 Å². The number of hydrogen-bond acceptors (Lipinski definition) is 5. The summed E-state index contributed by atoms with van der Waals surface area (Å²) in [4.78, 5) is 9.48. The van der Waals surface area contributed by atoms with E-state index < -0.39 is 13.4 Å². The lowest BCUT2D eigenvalue weighted by molar-refractivity contribution is 0.0482. The third-order valence-corrected chi connectivity index (χ3v) is 3.44. The molecule has 7 heteroatoms. The average Bonchev–Trinajstić information content (AvgIpc) is 2.19. The largest absolute Gasteiger partial charge is 0.472 e. The molecule has 0 saturated carbocycles. The van der Waals surface area contributed by atoms with Crippen LogP contribution in [0.5, 0.6) is 0 Å². The number of phosphoric acid groups is 1. The predicted octanol–water partition coefficient (Wildman–Crippen LogP) is 1.66. The lowest BCUT2D eigenvalue weighted by Crippen LogP contribution is -2.20. The molecule has 0 amide bonds. The Labute approximate surface area is 109 Å². The summed E-state index contributed by atoms with van der Waals surface area (Å²) < 4.78 is 21.4. The van der Waals surface area contributed by atoms with Gasteiger partial charge in [0, 0.05) is 12.5 Å². The van der Waals surface area contributed by atoms with E-state index in [1.165, 1.54) is 0 Å². The molecular formula is C11H26NO5P. The summed E-state index contributed by atoms with van der Waals surface area (Å²) in [5.41, 5.74) is 4.62. The van der Waals surface area contributed by atoms with E-state index in [0.29, 0.717) is 13.0 Å². The third kappa shape index (κ3) is 10.00. The van der Waals surface area contributed by atoms with Crippen LogP contribution in [0, 0.1) is 5.92 Å². The highest BCUT2D eigenvalue weighted by Crippen LogP contribution is 2.47. The van der Waals surface area contributed by atoms with Gasteiger partial charge < -0.3 is 15.7 Å². The Bertz CT molecular complexity index is 267. The first kappa shape index (κ1) is 18.0. The molecule has 110 valence electrons. The summed E-state index contributed by atoms with van der Waals surface area (Å²) in [5, 5.41) is 9.13. The topological polar surface area (TPSA) is 102 Å². The molecule has 6 nitrogen and oxygen atoms in total. The summed E-state index contributed by atoms with van der Waals surface area (Å²) in [6.07, 6.45) is 2.44. The summed E-state index contributed by atoms with van der Waals surface area (Å²) in [6, 6.07) is 0. The Hall–Kier alpha value is 0.0300. The molecule has 0 rings (SSSR count). The Kier molecular flexibility index (Phi) is 8.26. The number of unbranched alkanes of at least 4 members (excludes halogenated alkanes) is 1. The quantitative estimate of drug-likeness (QED) is 0.439. The van der Waals surface area contributed by atoms with E-state index in [1.807, 2.05) is 0 Å². The van der Waals surface area contributed by atoms with Crippen molar-refractivity contribution in [3.05, 3.63) is 0 Å². The lowest BCUT2D eigenvalue weighted by Gasteiger charge is -2.24. The van der Waals surface area contributed by atoms with Crippen LogP contribution in [0.15, 0.2) is 0 Å². The zero-order chi connectivity index (χ0) is 14.2. The van der Waals surface area contributed by atoms with Crippen LogP contribution in [0.2, 0.25) is 0 Å². The van der Waals surface area contributed by atoms with Crippen molar-refractivity contribution < 1.29 is 23.6 Å². The van der Waals surface area contributed by atoms with Crippen LogP contribution in [0.1, 0.15) is 40.0 Å². The van der Waals surface area contributed by atoms with Gasteiger partial charge in [0.15, 0.2) is 0 Å². The van der Waals surface area contributed by atoms with Crippen molar-refractivity contribution in [2.75, 3.05) is 19.8 Å². The van der Waals surface area contributed by atoms with E-state index in [0.717, 1.165) is 12.8 Å². The van der Waals surface area contributed by atoms with Crippen molar-refractivity contribution in [1.29, 1.82) is 0 Å². The van der Waals surface area contributed by atoms with E-state index in [1.54, 1.807) is 20.8 Å². The standard InChI is InChI=1S/C11H26NO5P/c1-11(2,3)17-18(14,15)16-9-10(8-13)6-4-5-7-12/h10,13H,4-9,12H2,1-3H3,(H,14,15). The van der Waals surface area contributed by atoms with E-state index in [9.17, 15) is 9.46 Å². The third-order valence-electron chi connectivity index (χ3n) is 2.19. The minimum Gasteiger partial charge on any atom is -0.396 e. The minimum absolute atomic E-state index is 0.00489. The second kappa shape index (κ2) is 8.25.